The van der Waals surface area contributed by atoms with Gasteiger partial charge in [-0.05, 0) is 52.5 Å². The van der Waals surface area contributed by atoms with Crippen LogP contribution < -0.4 is 16.4 Å². The number of nitrogens with one attached hydrogen (secondary N) is 2. The lowest BCUT2D eigenvalue weighted by Crippen LogP contribution is -2.38. The molecule has 1 aliphatic carbocycles. The number of rotatable bonds is 4. The third-order valence-electron chi connectivity index (χ3n) is 3.96. The van der Waals surface area contributed by atoms with Crippen LogP contribution in [0.4, 0.5) is 11.4 Å². The second-order valence-electron chi connectivity index (χ2n) is 6.27. The summed E-state index contributed by atoms with van der Waals surface area (Å²) < 4.78 is 0. The zero-order chi connectivity index (χ0) is 15.4. The Hall–Kier alpha value is -1.78. The molecule has 5 heteroatoms. The summed E-state index contributed by atoms with van der Waals surface area (Å²) in [5.41, 5.74) is 8.54. The van der Waals surface area contributed by atoms with Crippen LogP contribution in [0, 0.1) is 12.8 Å². The van der Waals surface area contributed by atoms with E-state index in [2.05, 4.69) is 15.6 Å². The molecule has 1 aromatic rings. The quantitative estimate of drug-likeness (QED) is 0.796. The minimum atomic E-state index is 0.155. The Bertz CT molecular complexity index is 493. The Morgan fingerprint density at radius 2 is 2.00 bits per heavy atom. The number of amides is 1. The molecule has 0 saturated heterocycles. The fraction of sp³-hybridized carbons (Fsp3) is 0.625. The van der Waals surface area contributed by atoms with E-state index in [1.54, 1.807) is 6.20 Å². The summed E-state index contributed by atoms with van der Waals surface area (Å²) in [6, 6.07) is 2.58. The van der Waals surface area contributed by atoms with Gasteiger partial charge >= 0.3 is 0 Å². The molecule has 1 heterocycles. The number of hydrogen-bond acceptors (Lipinski definition) is 4. The number of nitrogen functional groups attached to an aromatic ring is 1. The average molecular weight is 290 g/mol. The number of aromatic nitrogens is 1. The molecule has 21 heavy (non-hydrogen) atoms. The van der Waals surface area contributed by atoms with Crippen molar-refractivity contribution in [1.29, 1.82) is 0 Å². The molecule has 0 aliphatic heterocycles. The molecule has 1 aromatic heterocycles. The van der Waals surface area contributed by atoms with E-state index in [1.165, 1.54) is 0 Å². The number of aryl methyl sites for hydroxylation is 1. The SMILES string of the molecule is Cc1cc(NC2CCC(C(=O)NC(C)C)CC2)c(N)cn1. The lowest BCUT2D eigenvalue weighted by Gasteiger charge is -2.30. The van der Waals surface area contributed by atoms with Crippen LogP contribution >= 0.6 is 0 Å². The van der Waals surface area contributed by atoms with Gasteiger partial charge in [-0.2, -0.15) is 0 Å². The third-order valence-corrected chi connectivity index (χ3v) is 3.96. The van der Waals surface area contributed by atoms with Gasteiger partial charge in [-0.3, -0.25) is 9.78 Å². The number of anilines is 2. The Labute approximate surface area is 126 Å². The number of nitrogens with two attached hydrogens (primary N) is 1. The highest BCUT2D eigenvalue weighted by atomic mass is 16.1. The van der Waals surface area contributed by atoms with Gasteiger partial charge in [0.1, 0.15) is 0 Å². The first-order chi connectivity index (χ1) is 9.95. The van der Waals surface area contributed by atoms with Crippen molar-refractivity contribution in [3.05, 3.63) is 18.0 Å². The van der Waals surface area contributed by atoms with Crippen molar-refractivity contribution >= 4 is 17.3 Å². The normalized spacial score (nSPS) is 22.1. The van der Waals surface area contributed by atoms with Crippen molar-refractivity contribution < 1.29 is 4.79 Å². The molecule has 0 radical (unpaired) electrons. The van der Waals surface area contributed by atoms with Gasteiger partial charge in [0.2, 0.25) is 5.91 Å². The Morgan fingerprint density at radius 1 is 1.33 bits per heavy atom. The molecule has 2 rings (SSSR count). The second-order valence-corrected chi connectivity index (χ2v) is 6.27. The van der Waals surface area contributed by atoms with Crippen LogP contribution in [0.1, 0.15) is 45.2 Å². The lowest BCUT2D eigenvalue weighted by molar-refractivity contribution is -0.126. The molecule has 1 amide bonds. The van der Waals surface area contributed by atoms with Gasteiger partial charge in [0.15, 0.2) is 0 Å². The van der Waals surface area contributed by atoms with E-state index in [0.717, 1.165) is 37.1 Å². The van der Waals surface area contributed by atoms with Gasteiger partial charge in [0.25, 0.3) is 0 Å². The van der Waals surface area contributed by atoms with Crippen molar-refractivity contribution in [2.75, 3.05) is 11.1 Å². The maximum Gasteiger partial charge on any atom is 0.223 e. The Morgan fingerprint density at radius 3 is 2.62 bits per heavy atom. The van der Waals surface area contributed by atoms with Gasteiger partial charge in [0.05, 0.1) is 17.6 Å². The third kappa shape index (κ3) is 4.34. The second kappa shape index (κ2) is 6.78. The summed E-state index contributed by atoms with van der Waals surface area (Å²) in [4.78, 5) is 16.2. The van der Waals surface area contributed by atoms with E-state index in [9.17, 15) is 4.79 Å². The highest BCUT2D eigenvalue weighted by Crippen LogP contribution is 2.28. The molecule has 5 nitrogen and oxygen atoms in total. The van der Waals surface area contributed by atoms with E-state index in [1.807, 2.05) is 26.8 Å². The van der Waals surface area contributed by atoms with Crippen LogP contribution in [0.5, 0.6) is 0 Å². The molecule has 0 aromatic carbocycles. The van der Waals surface area contributed by atoms with Crippen LogP contribution in [0.3, 0.4) is 0 Å². The summed E-state index contributed by atoms with van der Waals surface area (Å²) in [5, 5.41) is 6.50. The van der Waals surface area contributed by atoms with Crippen molar-refractivity contribution in [2.24, 2.45) is 5.92 Å². The summed E-state index contributed by atoms with van der Waals surface area (Å²) in [7, 11) is 0. The number of pyridine rings is 1. The fourth-order valence-corrected chi connectivity index (χ4v) is 2.82. The average Bonchev–Trinajstić information content (AvgIpc) is 2.43. The van der Waals surface area contributed by atoms with Gasteiger partial charge in [-0.15, -0.1) is 0 Å². The zero-order valence-corrected chi connectivity index (χ0v) is 13.1. The van der Waals surface area contributed by atoms with Crippen LogP contribution in [0.15, 0.2) is 12.3 Å². The molecule has 0 atom stereocenters. The molecule has 1 saturated carbocycles. The molecule has 116 valence electrons. The predicted molar refractivity (Wildman–Crippen MR) is 86.0 cm³/mol. The molecule has 1 fully saturated rings. The molecule has 0 spiro atoms. The molecular weight excluding hydrogens is 264 g/mol. The largest absolute Gasteiger partial charge is 0.396 e. The first-order valence-corrected chi connectivity index (χ1v) is 7.74. The highest BCUT2D eigenvalue weighted by Gasteiger charge is 2.26. The molecule has 1 aliphatic rings. The van der Waals surface area contributed by atoms with E-state index >= 15 is 0 Å². The number of carbonyl (C=O) groups excluding carboxylic acids is 1. The van der Waals surface area contributed by atoms with Gasteiger partial charge in [0, 0.05) is 23.7 Å². The fourth-order valence-electron chi connectivity index (χ4n) is 2.82. The number of nitrogens with zero attached hydrogens (tertiary/aromatic N) is 1. The molecule has 4 N–H and O–H groups in total. The van der Waals surface area contributed by atoms with Gasteiger partial charge in [-0.25, -0.2) is 0 Å². The van der Waals surface area contributed by atoms with E-state index in [4.69, 9.17) is 5.73 Å². The maximum absolute atomic E-state index is 12.0. The Balaban J connectivity index is 1.87. The summed E-state index contributed by atoms with van der Waals surface area (Å²) in [5.74, 6) is 0.352. The standard InChI is InChI=1S/C16H26N4O/c1-10(2)19-16(21)12-4-6-13(7-5-12)20-15-8-11(3)18-9-14(15)17/h8-10,12-13H,4-7,17H2,1-3H3,(H,18,20)(H,19,21). The predicted octanol–water partition coefficient (Wildman–Crippen LogP) is 2.47. The smallest absolute Gasteiger partial charge is 0.223 e. The van der Waals surface area contributed by atoms with Crippen molar-refractivity contribution in [3.63, 3.8) is 0 Å². The lowest BCUT2D eigenvalue weighted by atomic mass is 9.85. The minimum absolute atomic E-state index is 0.155. The first-order valence-electron chi connectivity index (χ1n) is 7.74. The summed E-state index contributed by atoms with van der Waals surface area (Å²) in [6.45, 7) is 5.96. The van der Waals surface area contributed by atoms with Crippen molar-refractivity contribution in [1.82, 2.24) is 10.3 Å². The van der Waals surface area contributed by atoms with Crippen molar-refractivity contribution in [2.45, 2.75) is 58.5 Å². The van der Waals surface area contributed by atoms with Crippen LogP contribution in [-0.4, -0.2) is 23.0 Å². The Kier molecular flexibility index (Phi) is 5.04. The van der Waals surface area contributed by atoms with Crippen LogP contribution in [-0.2, 0) is 4.79 Å². The van der Waals surface area contributed by atoms with Gasteiger partial charge in [-0.1, -0.05) is 0 Å². The monoisotopic (exact) mass is 290 g/mol. The zero-order valence-electron chi connectivity index (χ0n) is 13.1. The highest BCUT2D eigenvalue weighted by molar-refractivity contribution is 5.79. The number of hydrogen-bond donors (Lipinski definition) is 3. The van der Waals surface area contributed by atoms with Crippen LogP contribution in [0.25, 0.3) is 0 Å². The van der Waals surface area contributed by atoms with E-state index in [-0.39, 0.29) is 17.9 Å². The molecule has 0 bridgehead atoms. The van der Waals surface area contributed by atoms with E-state index < -0.39 is 0 Å². The summed E-state index contributed by atoms with van der Waals surface area (Å²) >= 11 is 0. The van der Waals surface area contributed by atoms with Gasteiger partial charge < -0.3 is 16.4 Å². The molecule has 0 unspecified atom stereocenters. The van der Waals surface area contributed by atoms with Crippen molar-refractivity contribution in [3.8, 4) is 0 Å². The first kappa shape index (κ1) is 15.6. The van der Waals surface area contributed by atoms with E-state index in [0.29, 0.717) is 11.7 Å². The maximum atomic E-state index is 12.0. The summed E-state index contributed by atoms with van der Waals surface area (Å²) in [6.07, 6.45) is 5.55. The topological polar surface area (TPSA) is 80.0 Å². The molecular formula is C16H26N4O. The minimum Gasteiger partial charge on any atom is -0.396 e. The van der Waals surface area contributed by atoms with Crippen LogP contribution in [0.2, 0.25) is 0 Å². The number of carbonyl (C=O) groups is 1.